The van der Waals surface area contributed by atoms with Crippen molar-refractivity contribution in [3.63, 3.8) is 0 Å². The fourth-order valence-corrected chi connectivity index (χ4v) is 3.07. The summed E-state index contributed by atoms with van der Waals surface area (Å²) < 4.78 is 11.8. The molecule has 2 heteroatoms. The first kappa shape index (κ1) is 13.0. The van der Waals surface area contributed by atoms with Gasteiger partial charge in [-0.25, -0.2) is 0 Å². The van der Waals surface area contributed by atoms with Crippen molar-refractivity contribution in [2.45, 2.75) is 6.92 Å². The van der Waals surface area contributed by atoms with E-state index in [-0.39, 0.29) is 0 Å². The van der Waals surface area contributed by atoms with Crippen LogP contribution in [0.15, 0.2) is 65.1 Å². The number of methoxy groups -OCH3 is 1. The van der Waals surface area contributed by atoms with Gasteiger partial charge < -0.3 is 9.15 Å². The van der Waals surface area contributed by atoms with Crippen LogP contribution in [0.5, 0.6) is 5.75 Å². The zero-order valence-electron chi connectivity index (χ0n) is 12.6. The highest BCUT2D eigenvalue weighted by Gasteiger charge is 2.18. The average Bonchev–Trinajstić information content (AvgIpc) is 2.96. The molecule has 1 aromatic heterocycles. The second-order valence-corrected chi connectivity index (χ2v) is 5.44. The lowest BCUT2D eigenvalue weighted by Crippen LogP contribution is -1.90. The number of aryl methyl sites for hydroxylation is 1. The summed E-state index contributed by atoms with van der Waals surface area (Å²) in [6, 6.07) is 20.5. The van der Waals surface area contributed by atoms with Gasteiger partial charge in [0.2, 0.25) is 0 Å². The molecule has 1 heterocycles. The van der Waals surface area contributed by atoms with E-state index >= 15 is 0 Å². The molecule has 3 aromatic carbocycles. The van der Waals surface area contributed by atoms with Crippen molar-refractivity contribution in [2.75, 3.05) is 7.11 Å². The summed E-state index contributed by atoms with van der Waals surface area (Å²) in [4.78, 5) is 0. The topological polar surface area (TPSA) is 22.4 Å². The molecule has 0 atom stereocenters. The van der Waals surface area contributed by atoms with Crippen molar-refractivity contribution < 1.29 is 9.15 Å². The van der Waals surface area contributed by atoms with Crippen LogP contribution in [0.4, 0.5) is 0 Å². The molecule has 0 spiro atoms. The number of fused-ring (bicyclic) bond motifs is 3. The third-order valence-electron chi connectivity index (χ3n) is 4.08. The first-order valence-electron chi connectivity index (χ1n) is 7.34. The SMILES string of the molecule is COc1c(-c2ccccc2)cc(C)c2oc3ccccc3c12. The lowest BCUT2D eigenvalue weighted by atomic mass is 9.98. The number of hydrogen-bond donors (Lipinski definition) is 0. The fourth-order valence-electron chi connectivity index (χ4n) is 3.07. The molecule has 0 aliphatic carbocycles. The molecule has 2 nitrogen and oxygen atoms in total. The molecule has 0 bridgehead atoms. The summed E-state index contributed by atoms with van der Waals surface area (Å²) in [6.07, 6.45) is 0. The van der Waals surface area contributed by atoms with E-state index in [1.54, 1.807) is 7.11 Å². The zero-order valence-corrected chi connectivity index (χ0v) is 12.6. The second kappa shape index (κ2) is 4.92. The first-order valence-corrected chi connectivity index (χ1v) is 7.34. The lowest BCUT2D eigenvalue weighted by Gasteiger charge is -2.11. The Bertz CT molecular complexity index is 965. The molecule has 0 saturated carbocycles. The minimum absolute atomic E-state index is 0.872. The van der Waals surface area contributed by atoms with E-state index < -0.39 is 0 Å². The van der Waals surface area contributed by atoms with Gasteiger partial charge in [0.05, 0.1) is 12.5 Å². The van der Waals surface area contributed by atoms with Gasteiger partial charge in [0, 0.05) is 10.9 Å². The van der Waals surface area contributed by atoms with Gasteiger partial charge in [0.15, 0.2) is 0 Å². The third-order valence-corrected chi connectivity index (χ3v) is 4.08. The number of rotatable bonds is 2. The van der Waals surface area contributed by atoms with Crippen molar-refractivity contribution in [3.05, 3.63) is 66.2 Å². The van der Waals surface area contributed by atoms with Crippen molar-refractivity contribution >= 4 is 21.9 Å². The van der Waals surface area contributed by atoms with Crippen LogP contribution in [-0.2, 0) is 0 Å². The minimum atomic E-state index is 0.872. The predicted molar refractivity (Wildman–Crippen MR) is 90.4 cm³/mol. The molecule has 0 N–H and O–H groups in total. The Morgan fingerprint density at radius 3 is 2.41 bits per heavy atom. The average molecular weight is 288 g/mol. The van der Waals surface area contributed by atoms with Crippen LogP contribution < -0.4 is 4.74 Å². The minimum Gasteiger partial charge on any atom is -0.495 e. The summed E-state index contributed by atoms with van der Waals surface area (Å²) in [5.41, 5.74) is 5.15. The second-order valence-electron chi connectivity index (χ2n) is 5.44. The fraction of sp³-hybridized carbons (Fsp3) is 0.100. The van der Waals surface area contributed by atoms with Crippen molar-refractivity contribution in [1.82, 2.24) is 0 Å². The number of para-hydroxylation sites is 1. The summed E-state index contributed by atoms with van der Waals surface area (Å²) in [5.74, 6) is 0.872. The molecule has 0 aliphatic heterocycles. The van der Waals surface area contributed by atoms with E-state index in [1.807, 2.05) is 36.4 Å². The molecule has 0 radical (unpaired) electrons. The quantitative estimate of drug-likeness (QED) is 0.481. The number of ether oxygens (including phenoxy) is 1. The van der Waals surface area contributed by atoms with Crippen molar-refractivity contribution in [2.24, 2.45) is 0 Å². The molecule has 22 heavy (non-hydrogen) atoms. The van der Waals surface area contributed by atoms with Gasteiger partial charge in [-0.2, -0.15) is 0 Å². The van der Waals surface area contributed by atoms with Crippen molar-refractivity contribution in [3.8, 4) is 16.9 Å². The van der Waals surface area contributed by atoms with Crippen LogP contribution >= 0.6 is 0 Å². The van der Waals surface area contributed by atoms with Crippen LogP contribution in [0.3, 0.4) is 0 Å². The molecule has 4 aromatic rings. The maximum absolute atomic E-state index is 6.04. The number of furan rings is 1. The Kier molecular flexibility index (Phi) is 2.90. The summed E-state index contributed by atoms with van der Waals surface area (Å²) in [6.45, 7) is 2.08. The Labute approximate surface area is 128 Å². The molecular formula is C20H16O2. The van der Waals surface area contributed by atoms with Crippen LogP contribution in [0.1, 0.15) is 5.56 Å². The van der Waals surface area contributed by atoms with Gasteiger partial charge in [-0.15, -0.1) is 0 Å². The molecule has 0 saturated heterocycles. The maximum atomic E-state index is 6.04. The van der Waals surface area contributed by atoms with Gasteiger partial charge in [0.25, 0.3) is 0 Å². The van der Waals surface area contributed by atoms with Crippen LogP contribution in [0, 0.1) is 6.92 Å². The Morgan fingerprint density at radius 1 is 0.909 bits per heavy atom. The van der Waals surface area contributed by atoms with E-state index in [4.69, 9.17) is 9.15 Å². The summed E-state index contributed by atoms with van der Waals surface area (Å²) >= 11 is 0. The van der Waals surface area contributed by atoms with Crippen molar-refractivity contribution in [1.29, 1.82) is 0 Å². The molecular weight excluding hydrogens is 272 g/mol. The largest absolute Gasteiger partial charge is 0.495 e. The molecule has 0 amide bonds. The highest BCUT2D eigenvalue weighted by molar-refractivity contribution is 6.11. The summed E-state index contributed by atoms with van der Waals surface area (Å²) in [7, 11) is 1.72. The molecule has 108 valence electrons. The molecule has 4 rings (SSSR count). The third kappa shape index (κ3) is 1.81. The Morgan fingerprint density at radius 2 is 1.64 bits per heavy atom. The van der Waals surface area contributed by atoms with Gasteiger partial charge in [-0.1, -0.05) is 48.5 Å². The monoisotopic (exact) mass is 288 g/mol. The Balaban J connectivity index is 2.17. The van der Waals surface area contributed by atoms with E-state index in [0.29, 0.717) is 0 Å². The Hall–Kier alpha value is -2.74. The predicted octanol–water partition coefficient (Wildman–Crippen LogP) is 5.57. The van der Waals surface area contributed by atoms with Gasteiger partial charge in [-0.3, -0.25) is 0 Å². The van der Waals surface area contributed by atoms with E-state index in [1.165, 1.54) is 0 Å². The molecule has 0 aliphatic rings. The zero-order chi connectivity index (χ0) is 15.1. The van der Waals surface area contributed by atoms with Gasteiger partial charge >= 0.3 is 0 Å². The van der Waals surface area contributed by atoms with Crippen LogP contribution in [0.2, 0.25) is 0 Å². The lowest BCUT2D eigenvalue weighted by molar-refractivity contribution is 0.421. The molecule has 0 unspecified atom stereocenters. The highest BCUT2D eigenvalue weighted by atomic mass is 16.5. The number of hydrogen-bond acceptors (Lipinski definition) is 2. The highest BCUT2D eigenvalue weighted by Crippen LogP contribution is 2.43. The normalized spacial score (nSPS) is 11.2. The molecule has 0 fully saturated rings. The maximum Gasteiger partial charge on any atom is 0.142 e. The van der Waals surface area contributed by atoms with Gasteiger partial charge in [-0.05, 0) is 30.2 Å². The number of benzene rings is 3. The van der Waals surface area contributed by atoms with Crippen LogP contribution in [0.25, 0.3) is 33.1 Å². The van der Waals surface area contributed by atoms with Gasteiger partial charge in [0.1, 0.15) is 16.9 Å². The van der Waals surface area contributed by atoms with E-state index in [2.05, 4.69) is 31.2 Å². The first-order chi connectivity index (χ1) is 10.8. The van der Waals surface area contributed by atoms with E-state index in [9.17, 15) is 0 Å². The van der Waals surface area contributed by atoms with Crippen LogP contribution in [-0.4, -0.2) is 7.11 Å². The standard InChI is InChI=1S/C20H16O2/c1-13-12-16(14-8-4-3-5-9-14)20(21-2)18-15-10-6-7-11-17(15)22-19(13)18/h3-12H,1-2H3. The summed E-state index contributed by atoms with van der Waals surface area (Å²) in [5, 5.41) is 2.15. The smallest absolute Gasteiger partial charge is 0.142 e. The van der Waals surface area contributed by atoms with E-state index in [0.717, 1.165) is 44.4 Å².